The molecule has 97 heavy (non-hydrogen) atoms. The van der Waals surface area contributed by atoms with E-state index in [1.54, 1.807) is 66.6 Å². The number of H-pyrrole nitrogens is 3. The number of benzene rings is 4. The average molecular weight is 1510 g/mol. The molecule has 0 spiro atoms. The van der Waals surface area contributed by atoms with Crippen LogP contribution in [0.5, 0.6) is 11.5 Å². The van der Waals surface area contributed by atoms with Crippen LogP contribution >= 0.6 is 31.9 Å². The van der Waals surface area contributed by atoms with Crippen LogP contribution in [-0.4, -0.2) is 121 Å². The number of hydrogen-bond donors (Lipinski definition) is 7. The van der Waals surface area contributed by atoms with Crippen molar-refractivity contribution in [3.8, 4) is 22.6 Å². The number of ketones is 2. The number of carbonyl (C=O) groups is 8. The van der Waals surface area contributed by atoms with Crippen LogP contribution in [0.4, 0.5) is 62.3 Å². The fourth-order valence-electron chi connectivity index (χ4n) is 9.69. The van der Waals surface area contributed by atoms with Gasteiger partial charge >= 0.3 is 36.8 Å². The average Bonchev–Trinajstić information content (AvgIpc) is 1.63. The molecule has 2 fully saturated rings. The van der Waals surface area contributed by atoms with Crippen LogP contribution in [0, 0.1) is 20.8 Å². The first-order chi connectivity index (χ1) is 43.7. The normalized spacial score (nSPS) is 16.8. The predicted octanol–water partition coefficient (Wildman–Crippen LogP) is 12.5. The molecule has 0 unspecified atom stereocenters. The van der Waals surface area contributed by atoms with Crippen LogP contribution in [0.2, 0.25) is 0 Å². The van der Waals surface area contributed by atoms with Gasteiger partial charge in [0.25, 0.3) is 23.6 Å². The standard InChI is InChI=1S/C24H20F3N5O4.C19H16BrN3O4.C5H4BrF3N2.C5H5F3N2.C5H5F3O2.3CH4/c1-12-18(19(31-30-12)24(25,26)27)13-3-6-15(7-4-13)23(21(34)28-22(35)29-23)11-32-10-14-5-8-16(36-2)9-17(14)20(32)33;1-27-14-7-2-11-9-23(16(24)15(11)8-14)10-19(17(25)21-18(26)22-19)12-3-5-13(20)6-4-12;1-2-3(6)4(11-10-2)5(7,8)9;1-3-2-4(10-9-3)5(6,7)8;1-3(9)2-4(10)5(6,7)8;;;/h3-9H,10-11H2,1-2H3,(H,30,31)(H2,28,29,34,35);2-8H,9-10H2,1H3,(H2,21,22,25,26);1H3,(H,10,11);2H,1H3,(H,9,10);2H2,1H3;3*1H4/t23-;19-;;;;;;/m00....../s1. The quantitative estimate of drug-likeness (QED) is 0.0361. The van der Waals surface area contributed by atoms with Crippen LogP contribution in [0.1, 0.15) is 113 Å². The Balaban J connectivity index is 0.000000286. The highest BCUT2D eigenvalue weighted by Crippen LogP contribution is 2.40. The Labute approximate surface area is 561 Å². The first kappa shape index (κ1) is 79.8. The lowest BCUT2D eigenvalue weighted by atomic mass is 9.87. The highest BCUT2D eigenvalue weighted by atomic mass is 79.9. The number of urea groups is 2. The Morgan fingerprint density at radius 2 is 0.979 bits per heavy atom. The number of methoxy groups -OCH3 is 2. The van der Waals surface area contributed by atoms with Gasteiger partial charge in [0.2, 0.25) is 5.78 Å². The molecule has 0 aliphatic carbocycles. The molecule has 2 atom stereocenters. The molecule has 7 aromatic rings. The number of aromatic amines is 3. The van der Waals surface area contributed by atoms with Crippen molar-refractivity contribution in [1.82, 2.24) is 61.7 Å². The van der Waals surface area contributed by atoms with Gasteiger partial charge in [-0.25, -0.2) is 9.59 Å². The molecule has 0 radical (unpaired) electrons. The molecule has 0 bridgehead atoms. The molecular weight excluding hydrogens is 1450 g/mol. The number of ether oxygens (including phenoxy) is 2. The van der Waals surface area contributed by atoms with Crippen LogP contribution in [0.25, 0.3) is 11.1 Å². The van der Waals surface area contributed by atoms with Crippen LogP contribution in [0.3, 0.4) is 0 Å². The summed E-state index contributed by atoms with van der Waals surface area (Å²) in [4.78, 5) is 98.7. The number of Topliss-reactive ketones (excluding diaryl/α,β-unsaturated/α-hetero) is 2. The van der Waals surface area contributed by atoms with Gasteiger partial charge < -0.3 is 29.9 Å². The zero-order valence-electron chi connectivity index (χ0n) is 49.3. The Morgan fingerprint density at radius 3 is 1.29 bits per heavy atom. The minimum Gasteiger partial charge on any atom is -0.497 e. The van der Waals surface area contributed by atoms with Gasteiger partial charge in [0.05, 0.1) is 38.2 Å². The minimum absolute atomic E-state index is 0. The molecule has 11 rings (SSSR count). The van der Waals surface area contributed by atoms with Gasteiger partial charge in [-0.15, -0.1) is 0 Å². The summed E-state index contributed by atoms with van der Waals surface area (Å²) in [6.07, 6.45) is -19.3. The molecule has 7 heterocycles. The van der Waals surface area contributed by atoms with E-state index in [1.807, 2.05) is 6.07 Å². The number of fused-ring (bicyclic) bond motifs is 2. The number of hydrogen-bond acceptors (Lipinski definition) is 13. The van der Waals surface area contributed by atoms with Crippen molar-refractivity contribution in [2.45, 2.75) is 105 Å². The summed E-state index contributed by atoms with van der Waals surface area (Å²) in [5.41, 5.74) is -1.16. The molecular formula is C61H62Br2F12N12O10. The third kappa shape index (κ3) is 18.3. The third-order valence-electron chi connectivity index (χ3n) is 14.2. The number of aryl methyl sites for hydroxylation is 3. The lowest BCUT2D eigenvalue weighted by Gasteiger charge is -2.31. The van der Waals surface area contributed by atoms with Crippen molar-refractivity contribution < 1.29 is 101 Å². The molecule has 7 N–H and O–H groups in total. The van der Waals surface area contributed by atoms with Gasteiger partial charge in [0.15, 0.2) is 28.2 Å². The summed E-state index contributed by atoms with van der Waals surface area (Å²) in [5.74, 6) is -3.34. The summed E-state index contributed by atoms with van der Waals surface area (Å²) in [6, 6.07) is 22.9. The first-order valence-corrected chi connectivity index (χ1v) is 28.5. The fraction of sp³-hybridized carbons (Fsp3) is 0.328. The number of halogens is 14. The van der Waals surface area contributed by atoms with Gasteiger partial charge in [0.1, 0.15) is 17.3 Å². The van der Waals surface area contributed by atoms with Gasteiger partial charge in [0, 0.05) is 51.3 Å². The predicted molar refractivity (Wildman–Crippen MR) is 331 cm³/mol. The Morgan fingerprint density at radius 1 is 0.557 bits per heavy atom. The van der Waals surface area contributed by atoms with Gasteiger partial charge in [-0.05, 0) is 114 Å². The van der Waals surface area contributed by atoms with Crippen molar-refractivity contribution >= 4 is 79.1 Å². The monoisotopic (exact) mass is 1510 g/mol. The van der Waals surface area contributed by atoms with Crippen molar-refractivity contribution in [3.63, 3.8) is 0 Å². The lowest BCUT2D eigenvalue weighted by Crippen LogP contribution is -2.52. The number of aromatic nitrogens is 6. The van der Waals surface area contributed by atoms with E-state index in [-0.39, 0.29) is 75.0 Å². The first-order valence-electron chi connectivity index (χ1n) is 26.9. The summed E-state index contributed by atoms with van der Waals surface area (Å²) < 4.78 is 156. The third-order valence-corrected chi connectivity index (χ3v) is 15.7. The number of alkyl halides is 12. The molecule has 36 heteroatoms. The highest BCUT2D eigenvalue weighted by Gasteiger charge is 2.52. The molecule has 4 aliphatic heterocycles. The molecule has 4 aliphatic rings. The number of nitrogens with zero attached hydrogens (tertiary/aromatic N) is 5. The van der Waals surface area contributed by atoms with E-state index in [1.165, 1.54) is 57.0 Å². The topological polar surface area (TPSA) is 296 Å². The van der Waals surface area contributed by atoms with E-state index in [9.17, 15) is 91.0 Å². The van der Waals surface area contributed by atoms with Crippen molar-refractivity contribution in [1.29, 1.82) is 0 Å². The molecule has 3 aromatic heterocycles. The minimum atomic E-state index is -4.87. The van der Waals surface area contributed by atoms with Crippen LogP contribution in [-0.2, 0) is 61.9 Å². The Hall–Kier alpha value is -9.61. The summed E-state index contributed by atoms with van der Waals surface area (Å²) in [5, 5.41) is 26.1. The van der Waals surface area contributed by atoms with E-state index in [0.717, 1.165) is 28.6 Å². The molecule has 8 amide bonds. The number of nitrogens with one attached hydrogen (secondary N) is 7. The second-order valence-corrected chi connectivity index (χ2v) is 22.6. The summed E-state index contributed by atoms with van der Waals surface area (Å²) >= 11 is 6.14. The largest absolute Gasteiger partial charge is 0.497 e. The number of imide groups is 2. The SMILES string of the molecule is C.C.C.CC(=O)CC(=O)C(F)(F)F.COc1ccc2c(c1)C(=O)N(C[C@@]1(c3ccc(-c4c(C(F)(F)F)n[nH]c4C)cc3)NC(=O)NC1=O)C2.COc1ccc2c(c1)C(=O)N(C[C@@]1(c3ccc(Br)cc3)NC(=O)NC1=O)C2.Cc1[nH]nc(C(F)(F)F)c1Br.Cc1cc(C(F)(F)F)n[nH]1. The molecule has 0 saturated carbocycles. The lowest BCUT2D eigenvalue weighted by molar-refractivity contribution is -0.171. The van der Waals surface area contributed by atoms with Gasteiger partial charge in [-0.2, -0.15) is 68.0 Å². The van der Waals surface area contributed by atoms with E-state index in [2.05, 4.69) is 83.7 Å². The highest BCUT2D eigenvalue weighted by molar-refractivity contribution is 9.10. The molecule has 4 aromatic carbocycles. The van der Waals surface area contributed by atoms with Gasteiger partial charge in [-0.3, -0.25) is 54.7 Å². The van der Waals surface area contributed by atoms with E-state index < -0.39 is 94.7 Å². The zero-order chi connectivity index (χ0) is 69.8. The second-order valence-electron chi connectivity index (χ2n) is 20.9. The number of carbonyl (C=O) groups excluding carboxylic acids is 8. The van der Waals surface area contributed by atoms with E-state index in [0.29, 0.717) is 51.7 Å². The zero-order valence-corrected chi connectivity index (χ0v) is 52.5. The van der Waals surface area contributed by atoms with Crippen LogP contribution < -0.4 is 30.7 Å². The van der Waals surface area contributed by atoms with Crippen molar-refractivity contribution in [2.75, 3.05) is 27.3 Å². The number of amides is 8. The number of rotatable bonds is 11. The second kappa shape index (κ2) is 31.1. The summed E-state index contributed by atoms with van der Waals surface area (Å²) in [7, 11) is 3.03. The summed E-state index contributed by atoms with van der Waals surface area (Å²) in [6.45, 7) is 5.85. The van der Waals surface area contributed by atoms with Crippen molar-refractivity contribution in [2.24, 2.45) is 0 Å². The Bertz CT molecular complexity index is 4060. The fourth-order valence-corrected chi connectivity index (χ4v) is 10.4. The maximum absolute atomic E-state index is 13.4. The molecule has 524 valence electrons. The maximum atomic E-state index is 13.4. The van der Waals surface area contributed by atoms with Crippen molar-refractivity contribution in [3.05, 3.63) is 167 Å². The van der Waals surface area contributed by atoms with Gasteiger partial charge in [-0.1, -0.05) is 86.7 Å². The smallest absolute Gasteiger partial charge is 0.450 e. The Kier molecular flexibility index (Phi) is 25.6. The maximum Gasteiger partial charge on any atom is 0.450 e. The van der Waals surface area contributed by atoms with E-state index in [4.69, 9.17) is 9.47 Å². The van der Waals surface area contributed by atoms with Crippen LogP contribution in [0.15, 0.2) is 99.9 Å². The van der Waals surface area contributed by atoms with E-state index >= 15 is 0 Å². The molecule has 22 nitrogen and oxygen atoms in total. The molecule has 2 saturated heterocycles.